The first-order chi connectivity index (χ1) is 15.9. The normalized spacial score (nSPS) is 10.3. The predicted molar refractivity (Wildman–Crippen MR) is 125 cm³/mol. The van der Waals surface area contributed by atoms with Gasteiger partial charge >= 0.3 is 5.97 Å². The van der Waals surface area contributed by atoms with E-state index in [4.69, 9.17) is 14.2 Å². The zero-order valence-electron chi connectivity index (χ0n) is 18.5. The number of carbonyl (C=O) groups excluding carboxylic acids is 3. The molecule has 0 saturated heterocycles. The molecule has 3 aromatic rings. The molecule has 0 unspecified atom stereocenters. The molecule has 0 bridgehead atoms. The van der Waals surface area contributed by atoms with E-state index in [1.54, 1.807) is 54.6 Å². The van der Waals surface area contributed by atoms with Crippen molar-refractivity contribution in [1.29, 1.82) is 0 Å². The van der Waals surface area contributed by atoms with E-state index < -0.39 is 11.9 Å². The minimum Gasteiger partial charge on any atom is -0.497 e. The van der Waals surface area contributed by atoms with E-state index in [-0.39, 0.29) is 19.0 Å². The molecule has 1 heterocycles. The van der Waals surface area contributed by atoms with Crippen molar-refractivity contribution in [2.75, 3.05) is 33.2 Å². The lowest BCUT2D eigenvalue weighted by Gasteiger charge is -2.22. The van der Waals surface area contributed by atoms with Crippen LogP contribution in [0.25, 0.3) is 0 Å². The minimum absolute atomic E-state index is 0.118. The lowest BCUT2D eigenvalue weighted by atomic mass is 10.1. The number of rotatable bonds is 9. The third kappa shape index (κ3) is 6.33. The monoisotopic (exact) mass is 468 g/mol. The smallest absolute Gasteiger partial charge is 0.325 e. The minimum atomic E-state index is -0.555. The standard InChI is InChI=1S/C24H24N2O6S/c1-30-19-10-16(11-20(13-19)31-2)14-26(15-22(27)32-3)24(29)17-6-4-7-18(12-17)25-23(28)21-8-5-9-33-21/h4-13H,14-15H2,1-3H3,(H,25,28). The fourth-order valence-corrected chi connectivity index (χ4v) is 3.73. The van der Waals surface area contributed by atoms with Crippen molar-refractivity contribution in [3.8, 4) is 11.5 Å². The summed E-state index contributed by atoms with van der Waals surface area (Å²) in [7, 11) is 4.33. The summed E-state index contributed by atoms with van der Waals surface area (Å²) in [4.78, 5) is 39.6. The molecule has 0 saturated carbocycles. The number of hydrogen-bond donors (Lipinski definition) is 1. The van der Waals surface area contributed by atoms with Crippen LogP contribution in [0.1, 0.15) is 25.6 Å². The molecule has 1 N–H and O–H groups in total. The Balaban J connectivity index is 1.85. The van der Waals surface area contributed by atoms with E-state index in [1.165, 1.54) is 37.6 Å². The lowest BCUT2D eigenvalue weighted by molar-refractivity contribution is -0.141. The number of hydrogen-bond acceptors (Lipinski definition) is 7. The lowest BCUT2D eigenvalue weighted by Crippen LogP contribution is -2.35. The molecule has 0 aliphatic rings. The van der Waals surface area contributed by atoms with Crippen molar-refractivity contribution < 1.29 is 28.6 Å². The molecule has 0 spiro atoms. The van der Waals surface area contributed by atoms with Crippen molar-refractivity contribution >= 4 is 34.8 Å². The summed E-state index contributed by atoms with van der Waals surface area (Å²) >= 11 is 1.32. The van der Waals surface area contributed by atoms with Gasteiger partial charge in [-0.05, 0) is 47.3 Å². The van der Waals surface area contributed by atoms with Crippen molar-refractivity contribution in [2.24, 2.45) is 0 Å². The van der Waals surface area contributed by atoms with Crippen LogP contribution in [0.4, 0.5) is 5.69 Å². The zero-order valence-corrected chi connectivity index (χ0v) is 19.3. The van der Waals surface area contributed by atoms with Crippen LogP contribution in [0, 0.1) is 0 Å². The van der Waals surface area contributed by atoms with E-state index in [2.05, 4.69) is 5.32 Å². The van der Waals surface area contributed by atoms with Crippen molar-refractivity contribution in [2.45, 2.75) is 6.54 Å². The Hall–Kier alpha value is -3.85. The largest absolute Gasteiger partial charge is 0.497 e. The van der Waals surface area contributed by atoms with Gasteiger partial charge in [0.2, 0.25) is 0 Å². The molecule has 8 nitrogen and oxygen atoms in total. The Kier molecular flexibility index (Phi) is 8.04. The number of nitrogens with zero attached hydrogens (tertiary/aromatic N) is 1. The summed E-state index contributed by atoms with van der Waals surface area (Å²) in [5.41, 5.74) is 1.50. The average Bonchev–Trinajstić information content (AvgIpc) is 3.38. The van der Waals surface area contributed by atoms with Crippen LogP contribution in [0.2, 0.25) is 0 Å². The number of anilines is 1. The molecule has 172 valence electrons. The van der Waals surface area contributed by atoms with Gasteiger partial charge in [-0.2, -0.15) is 0 Å². The van der Waals surface area contributed by atoms with Gasteiger partial charge in [-0.25, -0.2) is 0 Å². The molecule has 0 fully saturated rings. The van der Waals surface area contributed by atoms with E-state index in [9.17, 15) is 14.4 Å². The Labute approximate surface area is 195 Å². The summed E-state index contributed by atoms with van der Waals surface area (Å²) in [6.07, 6.45) is 0. The third-order valence-corrected chi connectivity index (χ3v) is 5.60. The van der Waals surface area contributed by atoms with Gasteiger partial charge in [-0.3, -0.25) is 14.4 Å². The molecule has 0 atom stereocenters. The Bertz CT molecular complexity index is 1110. The summed E-state index contributed by atoms with van der Waals surface area (Å²) < 4.78 is 15.4. The molecule has 33 heavy (non-hydrogen) atoms. The van der Waals surface area contributed by atoms with Crippen molar-refractivity contribution in [1.82, 2.24) is 4.90 Å². The van der Waals surface area contributed by atoms with Gasteiger partial charge in [0.1, 0.15) is 18.0 Å². The average molecular weight is 469 g/mol. The number of benzene rings is 2. The molecular weight excluding hydrogens is 444 g/mol. The van der Waals surface area contributed by atoms with Gasteiger partial charge in [-0.1, -0.05) is 12.1 Å². The highest BCUT2D eigenvalue weighted by atomic mass is 32.1. The highest BCUT2D eigenvalue weighted by molar-refractivity contribution is 7.12. The Morgan fingerprint density at radius 1 is 0.939 bits per heavy atom. The van der Waals surface area contributed by atoms with Crippen LogP contribution in [0.5, 0.6) is 11.5 Å². The number of ether oxygens (including phenoxy) is 3. The van der Waals surface area contributed by atoms with E-state index >= 15 is 0 Å². The zero-order chi connectivity index (χ0) is 23.8. The van der Waals surface area contributed by atoms with Gasteiger partial charge in [0.25, 0.3) is 11.8 Å². The van der Waals surface area contributed by atoms with Crippen LogP contribution >= 0.6 is 11.3 Å². The van der Waals surface area contributed by atoms with Crippen LogP contribution in [-0.2, 0) is 16.1 Å². The quantitative estimate of drug-likeness (QED) is 0.480. The maximum Gasteiger partial charge on any atom is 0.325 e. The molecular formula is C24H24N2O6S. The number of nitrogens with one attached hydrogen (secondary N) is 1. The van der Waals surface area contributed by atoms with Gasteiger partial charge in [-0.15, -0.1) is 11.3 Å². The van der Waals surface area contributed by atoms with Crippen molar-refractivity contribution in [3.05, 3.63) is 76.0 Å². The highest BCUT2D eigenvalue weighted by Crippen LogP contribution is 2.24. The number of amides is 2. The third-order valence-electron chi connectivity index (χ3n) is 4.73. The van der Waals surface area contributed by atoms with Gasteiger partial charge in [0, 0.05) is 23.9 Å². The predicted octanol–water partition coefficient (Wildman–Crippen LogP) is 3.83. The fraction of sp³-hybridized carbons (Fsp3) is 0.208. The van der Waals surface area contributed by atoms with Crippen LogP contribution in [0.15, 0.2) is 60.0 Å². The first-order valence-electron chi connectivity index (χ1n) is 9.96. The summed E-state index contributed by atoms with van der Waals surface area (Å²) in [6.45, 7) is -0.131. The molecule has 2 aromatic carbocycles. The second kappa shape index (κ2) is 11.1. The number of thiophene rings is 1. The SMILES string of the molecule is COC(=O)CN(Cc1cc(OC)cc(OC)c1)C(=O)c1cccc(NC(=O)c2cccs2)c1. The van der Waals surface area contributed by atoms with Gasteiger partial charge in [0.15, 0.2) is 0 Å². The Morgan fingerprint density at radius 3 is 2.27 bits per heavy atom. The second-order valence-corrected chi connectivity index (χ2v) is 7.92. The van der Waals surface area contributed by atoms with Gasteiger partial charge < -0.3 is 24.4 Å². The number of methoxy groups -OCH3 is 3. The molecule has 3 rings (SSSR count). The number of carbonyl (C=O) groups is 3. The molecule has 2 amide bonds. The Morgan fingerprint density at radius 2 is 1.67 bits per heavy atom. The molecule has 9 heteroatoms. The number of esters is 1. The maximum absolute atomic E-state index is 13.3. The van der Waals surface area contributed by atoms with E-state index in [1.807, 2.05) is 5.38 Å². The maximum atomic E-state index is 13.3. The molecule has 0 radical (unpaired) electrons. The van der Waals surface area contributed by atoms with Crippen LogP contribution < -0.4 is 14.8 Å². The van der Waals surface area contributed by atoms with E-state index in [0.717, 1.165) is 0 Å². The first kappa shape index (κ1) is 23.8. The van der Waals surface area contributed by atoms with E-state index in [0.29, 0.717) is 33.2 Å². The van der Waals surface area contributed by atoms with Crippen LogP contribution in [0.3, 0.4) is 0 Å². The molecule has 1 aromatic heterocycles. The topological polar surface area (TPSA) is 94.2 Å². The summed E-state index contributed by atoms with van der Waals surface area (Å²) in [6, 6.07) is 15.3. The fourth-order valence-electron chi connectivity index (χ4n) is 3.11. The molecule has 0 aliphatic carbocycles. The molecule has 0 aliphatic heterocycles. The summed E-state index contributed by atoms with van der Waals surface area (Å²) in [5, 5.41) is 4.60. The second-order valence-electron chi connectivity index (χ2n) is 6.97. The van der Waals surface area contributed by atoms with Gasteiger partial charge in [0.05, 0.1) is 26.2 Å². The van der Waals surface area contributed by atoms with Crippen molar-refractivity contribution in [3.63, 3.8) is 0 Å². The first-order valence-corrected chi connectivity index (χ1v) is 10.8. The highest BCUT2D eigenvalue weighted by Gasteiger charge is 2.21. The van der Waals surface area contributed by atoms with Crippen LogP contribution in [-0.4, -0.2) is 50.6 Å². The summed E-state index contributed by atoms with van der Waals surface area (Å²) in [5.74, 6) is -0.0829.